The van der Waals surface area contributed by atoms with Crippen molar-refractivity contribution in [3.8, 4) is 5.75 Å². The molecule has 182 valence electrons. The maximum atomic E-state index is 14.0. The molecule has 3 N–H and O–H groups in total. The van der Waals surface area contributed by atoms with Crippen molar-refractivity contribution in [1.82, 2.24) is 16.1 Å². The highest BCUT2D eigenvalue weighted by atomic mass is 35.5. The predicted octanol–water partition coefficient (Wildman–Crippen LogP) is 2.84. The average molecular weight is 511 g/mol. The first kappa shape index (κ1) is 25.9. The topological polar surface area (TPSA) is 101 Å². The van der Waals surface area contributed by atoms with Gasteiger partial charge in [-0.15, -0.1) is 12.4 Å². The second kappa shape index (κ2) is 11.6. The molecule has 34 heavy (non-hydrogen) atoms. The van der Waals surface area contributed by atoms with Crippen LogP contribution in [0.3, 0.4) is 0 Å². The third-order valence-electron chi connectivity index (χ3n) is 5.63. The SMILES string of the molecule is COc1c(C(=O)NC[C@@H]2CNCCO[C@H]2c2ccc(Cl)c(F)c2)cccc1C1=NNC(=O)C1.Cl. The Kier molecular flexibility index (Phi) is 8.84. The molecule has 0 unspecified atom stereocenters. The molecule has 0 aliphatic carbocycles. The smallest absolute Gasteiger partial charge is 0.255 e. The standard InChI is InChI=1S/C23H24ClFN4O4.ClH/c1-32-22-15(19-10-20(30)29-28-19)3-2-4-16(22)23(31)27-12-14-11-26-7-8-33-21(14)13-5-6-17(24)18(25)9-13;/h2-6,9,14,21,26H,7-8,10-12H2,1H3,(H,27,31)(H,29,30);1H/t14-,21-;/m0./s1. The molecule has 2 atom stereocenters. The molecule has 0 radical (unpaired) electrons. The highest BCUT2D eigenvalue weighted by Crippen LogP contribution is 2.30. The maximum Gasteiger partial charge on any atom is 0.255 e. The zero-order valence-corrected chi connectivity index (χ0v) is 20.0. The summed E-state index contributed by atoms with van der Waals surface area (Å²) in [6, 6.07) is 9.73. The van der Waals surface area contributed by atoms with Crippen LogP contribution in [0.4, 0.5) is 4.39 Å². The van der Waals surface area contributed by atoms with Gasteiger partial charge in [-0.25, -0.2) is 9.82 Å². The number of halogens is 3. The number of methoxy groups -OCH3 is 1. The molecule has 2 heterocycles. The van der Waals surface area contributed by atoms with E-state index < -0.39 is 11.9 Å². The molecule has 11 heteroatoms. The van der Waals surface area contributed by atoms with Crippen LogP contribution in [0.2, 0.25) is 5.02 Å². The third-order valence-corrected chi connectivity index (χ3v) is 5.93. The summed E-state index contributed by atoms with van der Waals surface area (Å²) in [4.78, 5) is 24.6. The highest BCUT2D eigenvalue weighted by Gasteiger charge is 2.28. The Balaban J connectivity index is 0.00000324. The summed E-state index contributed by atoms with van der Waals surface area (Å²) >= 11 is 5.83. The number of benzene rings is 2. The molecule has 1 saturated heterocycles. The Morgan fingerprint density at radius 2 is 2.18 bits per heavy atom. The third kappa shape index (κ3) is 5.67. The van der Waals surface area contributed by atoms with Gasteiger partial charge in [-0.05, 0) is 29.8 Å². The van der Waals surface area contributed by atoms with Crippen molar-refractivity contribution in [1.29, 1.82) is 0 Å². The molecule has 0 saturated carbocycles. The van der Waals surface area contributed by atoms with Crippen molar-refractivity contribution in [2.45, 2.75) is 12.5 Å². The molecule has 2 aromatic rings. The maximum absolute atomic E-state index is 14.0. The van der Waals surface area contributed by atoms with Gasteiger partial charge in [0.2, 0.25) is 5.91 Å². The lowest BCUT2D eigenvalue weighted by Crippen LogP contribution is -2.36. The van der Waals surface area contributed by atoms with Crippen molar-refractivity contribution < 1.29 is 23.5 Å². The highest BCUT2D eigenvalue weighted by molar-refractivity contribution is 6.30. The van der Waals surface area contributed by atoms with Crippen LogP contribution in [0.25, 0.3) is 0 Å². The molecule has 4 rings (SSSR count). The van der Waals surface area contributed by atoms with Gasteiger partial charge in [0.05, 0.1) is 42.5 Å². The number of hydrogen-bond acceptors (Lipinski definition) is 6. The summed E-state index contributed by atoms with van der Waals surface area (Å²) in [5, 5.41) is 10.3. The Morgan fingerprint density at radius 3 is 2.88 bits per heavy atom. The van der Waals surface area contributed by atoms with E-state index in [1.54, 1.807) is 24.3 Å². The monoisotopic (exact) mass is 510 g/mol. The molecule has 0 bridgehead atoms. The molecule has 2 aromatic carbocycles. The molecule has 0 spiro atoms. The van der Waals surface area contributed by atoms with E-state index in [0.717, 1.165) is 0 Å². The molecular weight excluding hydrogens is 486 g/mol. The minimum Gasteiger partial charge on any atom is -0.495 e. The molecule has 2 amide bonds. The van der Waals surface area contributed by atoms with Gasteiger partial charge in [-0.1, -0.05) is 23.7 Å². The minimum atomic E-state index is -0.512. The second-order valence-electron chi connectivity index (χ2n) is 7.80. The van der Waals surface area contributed by atoms with E-state index in [-0.39, 0.29) is 48.1 Å². The first-order valence-electron chi connectivity index (χ1n) is 10.6. The van der Waals surface area contributed by atoms with Crippen LogP contribution in [0.5, 0.6) is 5.75 Å². The van der Waals surface area contributed by atoms with Crippen LogP contribution < -0.4 is 20.8 Å². The molecule has 1 fully saturated rings. The number of para-hydroxylation sites is 1. The largest absolute Gasteiger partial charge is 0.495 e. The second-order valence-corrected chi connectivity index (χ2v) is 8.20. The number of amides is 2. The molecule has 2 aliphatic heterocycles. The quantitative estimate of drug-likeness (QED) is 0.554. The molecule has 2 aliphatic rings. The first-order valence-corrected chi connectivity index (χ1v) is 10.9. The van der Waals surface area contributed by atoms with E-state index >= 15 is 0 Å². The fraction of sp³-hybridized carbons (Fsp3) is 0.348. The van der Waals surface area contributed by atoms with Gasteiger partial charge in [0.1, 0.15) is 11.6 Å². The van der Waals surface area contributed by atoms with Crippen molar-refractivity contribution in [3.05, 3.63) is 63.9 Å². The lowest BCUT2D eigenvalue weighted by molar-refractivity contribution is -0.119. The zero-order chi connectivity index (χ0) is 23.4. The van der Waals surface area contributed by atoms with E-state index in [1.807, 2.05) is 0 Å². The number of nitrogens with zero attached hydrogens (tertiary/aromatic N) is 1. The molecule has 8 nitrogen and oxygen atoms in total. The van der Waals surface area contributed by atoms with Crippen LogP contribution in [0.15, 0.2) is 41.5 Å². The van der Waals surface area contributed by atoms with Gasteiger partial charge in [0, 0.05) is 31.1 Å². The van der Waals surface area contributed by atoms with Crippen molar-refractivity contribution >= 4 is 41.5 Å². The number of hydrogen-bond donors (Lipinski definition) is 3. The van der Waals surface area contributed by atoms with Gasteiger partial charge in [0.15, 0.2) is 0 Å². The fourth-order valence-electron chi connectivity index (χ4n) is 4.02. The van der Waals surface area contributed by atoms with E-state index in [9.17, 15) is 14.0 Å². The van der Waals surface area contributed by atoms with E-state index in [4.69, 9.17) is 21.1 Å². The zero-order valence-electron chi connectivity index (χ0n) is 18.4. The number of carbonyl (C=O) groups is 2. The molecule has 0 aromatic heterocycles. The summed E-state index contributed by atoms with van der Waals surface area (Å²) in [5.74, 6) is -0.865. The van der Waals surface area contributed by atoms with Crippen LogP contribution in [0.1, 0.15) is 34.0 Å². The van der Waals surface area contributed by atoms with Crippen molar-refractivity contribution in [2.24, 2.45) is 11.0 Å². The summed E-state index contributed by atoms with van der Waals surface area (Å²) in [5.41, 5.74) is 4.49. The van der Waals surface area contributed by atoms with E-state index in [1.165, 1.54) is 19.2 Å². The number of hydrazone groups is 1. The number of ether oxygens (including phenoxy) is 2. The fourth-order valence-corrected chi connectivity index (χ4v) is 4.14. The van der Waals surface area contributed by atoms with E-state index in [2.05, 4.69) is 21.2 Å². The van der Waals surface area contributed by atoms with Crippen LogP contribution in [-0.2, 0) is 9.53 Å². The van der Waals surface area contributed by atoms with Gasteiger partial charge in [-0.2, -0.15) is 5.10 Å². The van der Waals surface area contributed by atoms with Crippen molar-refractivity contribution in [3.63, 3.8) is 0 Å². The van der Waals surface area contributed by atoms with Gasteiger partial charge >= 0.3 is 0 Å². The van der Waals surface area contributed by atoms with Gasteiger partial charge < -0.3 is 20.1 Å². The van der Waals surface area contributed by atoms with Crippen LogP contribution >= 0.6 is 24.0 Å². The summed E-state index contributed by atoms with van der Waals surface area (Å²) in [6.07, 6.45) is -0.295. The van der Waals surface area contributed by atoms with Crippen LogP contribution in [0, 0.1) is 11.7 Å². The van der Waals surface area contributed by atoms with Gasteiger partial charge in [0.25, 0.3) is 5.91 Å². The number of rotatable bonds is 6. The summed E-state index contributed by atoms with van der Waals surface area (Å²) < 4.78 is 25.5. The minimum absolute atomic E-state index is 0. The van der Waals surface area contributed by atoms with Crippen LogP contribution in [-0.4, -0.2) is 50.9 Å². The van der Waals surface area contributed by atoms with E-state index in [0.29, 0.717) is 47.8 Å². The Hall–Kier alpha value is -2.72. The Bertz CT molecular complexity index is 1100. The Labute approximate surface area is 207 Å². The lowest BCUT2D eigenvalue weighted by Gasteiger charge is -2.26. The lowest BCUT2D eigenvalue weighted by atomic mass is 9.95. The van der Waals surface area contributed by atoms with Gasteiger partial charge in [-0.3, -0.25) is 9.59 Å². The normalized spacial score (nSPS) is 20.0. The molecular formula is C23H25Cl2FN4O4. The number of nitrogens with one attached hydrogen (secondary N) is 3. The predicted molar refractivity (Wildman–Crippen MR) is 128 cm³/mol. The number of carbonyl (C=O) groups excluding carboxylic acids is 2. The average Bonchev–Trinajstić information content (AvgIpc) is 3.11. The summed E-state index contributed by atoms with van der Waals surface area (Å²) in [6.45, 7) is 1.98. The van der Waals surface area contributed by atoms with Crippen molar-refractivity contribution in [2.75, 3.05) is 33.4 Å². The summed E-state index contributed by atoms with van der Waals surface area (Å²) in [7, 11) is 1.47. The Morgan fingerprint density at radius 1 is 1.35 bits per heavy atom. The first-order chi connectivity index (χ1) is 16.0.